The third-order valence-corrected chi connectivity index (χ3v) is 2.66. The first kappa shape index (κ1) is 13.0. The van der Waals surface area contributed by atoms with Crippen LogP contribution in [0.1, 0.15) is 25.0 Å². The molecule has 0 radical (unpaired) electrons. The number of aryl methyl sites for hydroxylation is 1. The van der Waals surface area contributed by atoms with Gasteiger partial charge in [-0.3, -0.25) is 0 Å². The van der Waals surface area contributed by atoms with Gasteiger partial charge >= 0.3 is 0 Å². The van der Waals surface area contributed by atoms with Gasteiger partial charge in [-0.25, -0.2) is 0 Å². The van der Waals surface area contributed by atoms with Gasteiger partial charge in [0.2, 0.25) is 0 Å². The van der Waals surface area contributed by atoms with Crippen molar-refractivity contribution in [2.75, 3.05) is 0 Å². The van der Waals surface area contributed by atoms with Crippen molar-refractivity contribution in [3.05, 3.63) is 65.8 Å². The van der Waals surface area contributed by atoms with Gasteiger partial charge in [-0.05, 0) is 36.1 Å². The van der Waals surface area contributed by atoms with Crippen molar-refractivity contribution in [3.8, 4) is 6.07 Å². The van der Waals surface area contributed by atoms with E-state index >= 15 is 0 Å². The van der Waals surface area contributed by atoms with Crippen molar-refractivity contribution in [2.24, 2.45) is 0 Å². The van der Waals surface area contributed by atoms with E-state index in [2.05, 4.69) is 43.8 Å². The van der Waals surface area contributed by atoms with Crippen molar-refractivity contribution >= 4 is 5.57 Å². The zero-order valence-electron chi connectivity index (χ0n) is 10.4. The molecule has 0 spiro atoms. The molecule has 0 atom stereocenters. The van der Waals surface area contributed by atoms with Crippen molar-refractivity contribution in [2.45, 2.75) is 20.3 Å². The van der Waals surface area contributed by atoms with Crippen molar-refractivity contribution in [1.82, 2.24) is 0 Å². The Balaban J connectivity index is 3.15. The Morgan fingerprint density at radius 3 is 2.41 bits per heavy atom. The summed E-state index contributed by atoms with van der Waals surface area (Å²) >= 11 is 0. The van der Waals surface area contributed by atoms with Crippen LogP contribution in [0.3, 0.4) is 0 Å². The molecule has 1 aromatic rings. The van der Waals surface area contributed by atoms with E-state index in [0.29, 0.717) is 5.57 Å². The van der Waals surface area contributed by atoms with Crippen molar-refractivity contribution in [3.63, 3.8) is 0 Å². The zero-order valence-corrected chi connectivity index (χ0v) is 10.4. The minimum absolute atomic E-state index is 0.645. The minimum atomic E-state index is 0.645. The van der Waals surface area contributed by atoms with Gasteiger partial charge in [0.15, 0.2) is 0 Å². The van der Waals surface area contributed by atoms with Gasteiger partial charge in [-0.15, -0.1) is 0 Å². The van der Waals surface area contributed by atoms with Gasteiger partial charge in [0, 0.05) is 0 Å². The van der Waals surface area contributed by atoms with E-state index in [0.717, 1.165) is 17.6 Å². The Morgan fingerprint density at radius 2 is 2.00 bits per heavy atom. The lowest BCUT2D eigenvalue weighted by atomic mass is 9.97. The predicted molar refractivity (Wildman–Crippen MR) is 73.4 cm³/mol. The van der Waals surface area contributed by atoms with Crippen LogP contribution in [0.5, 0.6) is 0 Å². The van der Waals surface area contributed by atoms with E-state index in [1.807, 2.05) is 13.0 Å². The molecule has 0 heterocycles. The molecule has 0 fully saturated rings. The molecule has 1 heteroatoms. The minimum Gasteiger partial charge on any atom is -0.192 e. The Kier molecular flexibility index (Phi) is 4.97. The van der Waals surface area contributed by atoms with Crippen LogP contribution >= 0.6 is 0 Å². The maximum atomic E-state index is 9.11. The quantitative estimate of drug-likeness (QED) is 0.552. The van der Waals surface area contributed by atoms with Crippen LogP contribution in [-0.4, -0.2) is 0 Å². The number of hydrogen-bond acceptors (Lipinski definition) is 1. The standard InChI is InChI=1S/C16H17N/c1-4-7-15(12-17)16(6-3)14-10-8-13(5-2)9-11-14/h4,6-11H,1,5H2,2-3H3/b15-7-,16-6-. The van der Waals surface area contributed by atoms with Gasteiger partial charge in [0.1, 0.15) is 0 Å². The fourth-order valence-corrected chi connectivity index (χ4v) is 1.70. The molecule has 0 aliphatic carbocycles. The second-order valence-corrected chi connectivity index (χ2v) is 3.68. The molecule has 1 rings (SSSR count). The fourth-order valence-electron chi connectivity index (χ4n) is 1.70. The van der Waals surface area contributed by atoms with Crippen molar-refractivity contribution in [1.29, 1.82) is 5.26 Å². The summed E-state index contributed by atoms with van der Waals surface area (Å²) < 4.78 is 0. The molecule has 0 aromatic heterocycles. The van der Waals surface area contributed by atoms with Crippen LogP contribution in [0, 0.1) is 11.3 Å². The third kappa shape index (κ3) is 3.19. The topological polar surface area (TPSA) is 23.8 Å². The lowest BCUT2D eigenvalue weighted by molar-refractivity contribution is 1.14. The van der Waals surface area contributed by atoms with E-state index in [9.17, 15) is 0 Å². The number of hydrogen-bond donors (Lipinski definition) is 0. The summed E-state index contributed by atoms with van der Waals surface area (Å²) in [5, 5.41) is 9.11. The van der Waals surface area contributed by atoms with Gasteiger partial charge in [0.25, 0.3) is 0 Å². The number of allylic oxidation sites excluding steroid dienone is 5. The molecule has 0 aliphatic rings. The summed E-state index contributed by atoms with van der Waals surface area (Å²) in [5.41, 5.74) is 3.97. The van der Waals surface area contributed by atoms with Crippen LogP contribution in [0.25, 0.3) is 5.57 Å². The Bertz CT molecular complexity index is 481. The molecule has 17 heavy (non-hydrogen) atoms. The van der Waals surface area contributed by atoms with E-state index in [-0.39, 0.29) is 0 Å². The van der Waals surface area contributed by atoms with Gasteiger partial charge in [-0.1, -0.05) is 49.9 Å². The van der Waals surface area contributed by atoms with Crippen LogP contribution in [-0.2, 0) is 6.42 Å². The molecule has 0 aliphatic heterocycles. The fraction of sp³-hybridized carbons (Fsp3) is 0.188. The number of rotatable bonds is 4. The van der Waals surface area contributed by atoms with E-state index in [1.54, 1.807) is 12.2 Å². The molecule has 1 nitrogen and oxygen atoms in total. The van der Waals surface area contributed by atoms with Crippen LogP contribution in [0.4, 0.5) is 0 Å². The molecule has 0 saturated carbocycles. The van der Waals surface area contributed by atoms with Gasteiger partial charge in [0.05, 0.1) is 11.6 Å². The van der Waals surface area contributed by atoms with Crippen molar-refractivity contribution < 1.29 is 0 Å². The monoisotopic (exact) mass is 223 g/mol. The summed E-state index contributed by atoms with van der Waals surface area (Å²) in [6.45, 7) is 7.70. The number of benzene rings is 1. The molecular weight excluding hydrogens is 206 g/mol. The Labute approximate surface area is 103 Å². The Morgan fingerprint density at radius 1 is 1.35 bits per heavy atom. The maximum Gasteiger partial charge on any atom is 0.0998 e. The highest BCUT2D eigenvalue weighted by atomic mass is 14.3. The summed E-state index contributed by atoms with van der Waals surface area (Å²) in [5.74, 6) is 0. The molecule has 0 unspecified atom stereocenters. The second-order valence-electron chi connectivity index (χ2n) is 3.68. The van der Waals surface area contributed by atoms with Crippen LogP contribution in [0.15, 0.2) is 54.6 Å². The number of nitrogens with zero attached hydrogens (tertiary/aromatic N) is 1. The second kappa shape index (κ2) is 6.50. The largest absolute Gasteiger partial charge is 0.192 e. The molecular formula is C16H17N. The SMILES string of the molecule is C=C/C=C(C#N)\C(=C/C)c1ccc(CC)cc1. The highest BCUT2D eigenvalue weighted by Crippen LogP contribution is 2.23. The van der Waals surface area contributed by atoms with Gasteiger partial charge in [-0.2, -0.15) is 5.26 Å². The third-order valence-electron chi connectivity index (χ3n) is 2.66. The normalized spacial score (nSPS) is 12.1. The molecule has 0 amide bonds. The molecule has 0 N–H and O–H groups in total. The van der Waals surface area contributed by atoms with Gasteiger partial charge < -0.3 is 0 Å². The van der Waals surface area contributed by atoms with Crippen LogP contribution < -0.4 is 0 Å². The first-order valence-corrected chi connectivity index (χ1v) is 5.75. The summed E-state index contributed by atoms with van der Waals surface area (Å²) in [6, 6.07) is 10.5. The predicted octanol–water partition coefficient (Wildman–Crippen LogP) is 4.29. The lowest BCUT2D eigenvalue weighted by Gasteiger charge is -2.06. The smallest absolute Gasteiger partial charge is 0.0998 e. The average molecular weight is 223 g/mol. The Hall–Kier alpha value is -2.07. The summed E-state index contributed by atoms with van der Waals surface area (Å²) in [7, 11) is 0. The van der Waals surface area contributed by atoms with E-state index in [1.165, 1.54) is 5.56 Å². The van der Waals surface area contributed by atoms with Crippen LogP contribution in [0.2, 0.25) is 0 Å². The number of nitriles is 1. The highest BCUT2D eigenvalue weighted by molar-refractivity contribution is 5.83. The molecule has 0 saturated heterocycles. The summed E-state index contributed by atoms with van der Waals surface area (Å²) in [6.07, 6.45) is 6.37. The molecule has 0 bridgehead atoms. The average Bonchev–Trinajstić information content (AvgIpc) is 2.39. The first-order valence-electron chi connectivity index (χ1n) is 5.75. The molecule has 86 valence electrons. The molecule has 1 aromatic carbocycles. The zero-order chi connectivity index (χ0) is 12.7. The highest BCUT2D eigenvalue weighted by Gasteiger charge is 2.05. The summed E-state index contributed by atoms with van der Waals surface area (Å²) in [4.78, 5) is 0. The lowest BCUT2D eigenvalue weighted by Crippen LogP contribution is -1.89. The van der Waals surface area contributed by atoms with E-state index < -0.39 is 0 Å². The van der Waals surface area contributed by atoms with E-state index in [4.69, 9.17) is 5.26 Å². The maximum absolute atomic E-state index is 9.11. The first-order chi connectivity index (χ1) is 8.26.